The zero-order valence-corrected chi connectivity index (χ0v) is 12.3. The van der Waals surface area contributed by atoms with Crippen LogP contribution in [0.1, 0.15) is 38.3 Å². The van der Waals surface area contributed by atoms with Gasteiger partial charge in [-0.15, -0.1) is 0 Å². The van der Waals surface area contributed by atoms with Crippen molar-refractivity contribution in [2.24, 2.45) is 0 Å². The van der Waals surface area contributed by atoms with Crippen LogP contribution in [0.15, 0.2) is 28.7 Å². The molecule has 4 heteroatoms. The van der Waals surface area contributed by atoms with Crippen LogP contribution < -0.4 is 5.73 Å². The molecule has 0 unspecified atom stereocenters. The van der Waals surface area contributed by atoms with Crippen molar-refractivity contribution in [3.8, 4) is 11.1 Å². The zero-order chi connectivity index (χ0) is 13.1. The van der Waals surface area contributed by atoms with Crippen LogP contribution in [0.5, 0.6) is 0 Å². The molecule has 0 atom stereocenters. The first-order chi connectivity index (χ1) is 8.67. The second-order valence-corrected chi connectivity index (χ2v) is 5.34. The predicted octanol–water partition coefficient (Wildman–Crippen LogP) is 4.33. The van der Waals surface area contributed by atoms with Gasteiger partial charge < -0.3 is 5.73 Å². The highest BCUT2D eigenvalue weighted by atomic mass is 79.9. The summed E-state index contributed by atoms with van der Waals surface area (Å²) in [5.41, 5.74) is 9.32. The molecule has 3 nitrogen and oxygen atoms in total. The number of nitrogens with one attached hydrogen (secondary N) is 1. The lowest BCUT2D eigenvalue weighted by atomic mass is 9.93. The van der Waals surface area contributed by atoms with E-state index >= 15 is 0 Å². The largest absolute Gasteiger partial charge is 0.382 e. The first-order valence-electron chi connectivity index (χ1n) is 6.27. The lowest BCUT2D eigenvalue weighted by Crippen LogP contribution is -1.99. The minimum absolute atomic E-state index is 0.476. The molecule has 3 N–H and O–H groups in total. The molecule has 1 heterocycles. The highest BCUT2D eigenvalue weighted by Gasteiger charge is 2.19. The van der Waals surface area contributed by atoms with Crippen molar-refractivity contribution in [2.45, 2.75) is 32.6 Å². The first-order valence-corrected chi connectivity index (χ1v) is 7.06. The van der Waals surface area contributed by atoms with E-state index in [1.165, 1.54) is 0 Å². The SMILES string of the molecule is CCC(CC)c1[nH]nc(N)c1-c1cccc(Br)c1. The molecule has 0 amide bonds. The molecular weight excluding hydrogens is 290 g/mol. The van der Waals surface area contributed by atoms with Gasteiger partial charge in [-0.05, 0) is 30.5 Å². The van der Waals surface area contributed by atoms with Gasteiger partial charge in [0.2, 0.25) is 0 Å². The normalized spacial score (nSPS) is 11.1. The summed E-state index contributed by atoms with van der Waals surface area (Å²) in [7, 11) is 0. The lowest BCUT2D eigenvalue weighted by molar-refractivity contribution is 0.622. The predicted molar refractivity (Wildman–Crippen MR) is 79.5 cm³/mol. The van der Waals surface area contributed by atoms with Crippen molar-refractivity contribution in [1.29, 1.82) is 0 Å². The number of nitrogen functional groups attached to an aromatic ring is 1. The van der Waals surface area contributed by atoms with Gasteiger partial charge in [-0.1, -0.05) is 41.9 Å². The Morgan fingerprint density at radius 3 is 2.67 bits per heavy atom. The van der Waals surface area contributed by atoms with E-state index in [-0.39, 0.29) is 0 Å². The summed E-state index contributed by atoms with van der Waals surface area (Å²) < 4.78 is 1.05. The highest BCUT2D eigenvalue weighted by Crippen LogP contribution is 2.35. The van der Waals surface area contributed by atoms with Crippen molar-refractivity contribution >= 4 is 21.7 Å². The molecule has 2 rings (SSSR count). The number of aromatic amines is 1. The summed E-state index contributed by atoms with van der Waals surface area (Å²) in [5.74, 6) is 1.05. The van der Waals surface area contributed by atoms with Gasteiger partial charge in [0.25, 0.3) is 0 Å². The van der Waals surface area contributed by atoms with E-state index in [1.807, 2.05) is 12.1 Å². The highest BCUT2D eigenvalue weighted by molar-refractivity contribution is 9.10. The average Bonchev–Trinajstić information content (AvgIpc) is 2.73. The Balaban J connectivity index is 2.53. The molecule has 0 aliphatic heterocycles. The molecule has 0 aliphatic carbocycles. The van der Waals surface area contributed by atoms with Crippen molar-refractivity contribution in [1.82, 2.24) is 10.2 Å². The van der Waals surface area contributed by atoms with E-state index in [0.29, 0.717) is 11.7 Å². The maximum atomic E-state index is 6.01. The molecule has 0 aliphatic rings. The maximum absolute atomic E-state index is 6.01. The summed E-state index contributed by atoms with van der Waals surface area (Å²) in [4.78, 5) is 0. The van der Waals surface area contributed by atoms with Crippen molar-refractivity contribution in [3.05, 3.63) is 34.4 Å². The van der Waals surface area contributed by atoms with E-state index < -0.39 is 0 Å². The van der Waals surface area contributed by atoms with E-state index in [9.17, 15) is 0 Å². The van der Waals surface area contributed by atoms with Gasteiger partial charge in [0.1, 0.15) is 0 Å². The van der Waals surface area contributed by atoms with Gasteiger partial charge in [-0.2, -0.15) is 5.10 Å². The molecule has 0 saturated carbocycles. The smallest absolute Gasteiger partial charge is 0.153 e. The van der Waals surface area contributed by atoms with E-state index in [1.54, 1.807) is 0 Å². The minimum atomic E-state index is 0.476. The average molecular weight is 308 g/mol. The number of halogens is 1. The van der Waals surface area contributed by atoms with Crippen LogP contribution in [-0.4, -0.2) is 10.2 Å². The number of hydrogen-bond acceptors (Lipinski definition) is 2. The molecule has 1 aromatic heterocycles. The fraction of sp³-hybridized carbons (Fsp3) is 0.357. The zero-order valence-electron chi connectivity index (χ0n) is 10.7. The summed E-state index contributed by atoms with van der Waals surface area (Å²) >= 11 is 3.50. The van der Waals surface area contributed by atoms with Crippen molar-refractivity contribution in [2.75, 3.05) is 5.73 Å². The molecule has 0 radical (unpaired) electrons. The topological polar surface area (TPSA) is 54.7 Å². The molecular formula is C14H18BrN3. The van der Waals surface area contributed by atoms with E-state index in [4.69, 9.17) is 5.73 Å². The first kappa shape index (κ1) is 13.1. The van der Waals surface area contributed by atoms with Crippen LogP contribution in [0.4, 0.5) is 5.82 Å². The summed E-state index contributed by atoms with van der Waals surface area (Å²) in [6.45, 7) is 4.38. The number of nitrogens with two attached hydrogens (primary N) is 1. The van der Waals surface area contributed by atoms with E-state index in [2.05, 4.69) is 52.1 Å². The molecule has 0 spiro atoms. The van der Waals surface area contributed by atoms with Gasteiger partial charge in [0, 0.05) is 21.6 Å². The van der Waals surface area contributed by atoms with Gasteiger partial charge >= 0.3 is 0 Å². The number of H-pyrrole nitrogens is 1. The quantitative estimate of drug-likeness (QED) is 0.883. The van der Waals surface area contributed by atoms with Crippen LogP contribution >= 0.6 is 15.9 Å². The van der Waals surface area contributed by atoms with Gasteiger partial charge in [0.05, 0.1) is 0 Å². The molecule has 1 aromatic carbocycles. The number of benzene rings is 1. The number of rotatable bonds is 4. The Hall–Kier alpha value is -1.29. The van der Waals surface area contributed by atoms with Crippen LogP contribution in [0.3, 0.4) is 0 Å². The third kappa shape index (κ3) is 2.43. The van der Waals surface area contributed by atoms with Crippen molar-refractivity contribution < 1.29 is 0 Å². The summed E-state index contributed by atoms with van der Waals surface area (Å²) in [6, 6.07) is 8.17. The fourth-order valence-electron chi connectivity index (χ4n) is 2.31. The number of hydrogen-bond donors (Lipinski definition) is 2. The van der Waals surface area contributed by atoms with Crippen LogP contribution in [0.25, 0.3) is 11.1 Å². The Bertz CT molecular complexity index is 530. The Labute approximate surface area is 116 Å². The van der Waals surface area contributed by atoms with E-state index in [0.717, 1.165) is 34.1 Å². The molecule has 18 heavy (non-hydrogen) atoms. The van der Waals surface area contributed by atoms with Crippen LogP contribution in [-0.2, 0) is 0 Å². The third-order valence-electron chi connectivity index (χ3n) is 3.33. The second-order valence-electron chi connectivity index (χ2n) is 4.42. The molecule has 0 bridgehead atoms. The maximum Gasteiger partial charge on any atom is 0.153 e. The number of anilines is 1. The van der Waals surface area contributed by atoms with Crippen LogP contribution in [0, 0.1) is 0 Å². The fourth-order valence-corrected chi connectivity index (χ4v) is 2.71. The van der Waals surface area contributed by atoms with Crippen molar-refractivity contribution in [3.63, 3.8) is 0 Å². The molecule has 0 fully saturated rings. The summed E-state index contributed by atoms with van der Waals surface area (Å²) in [5, 5.41) is 7.28. The summed E-state index contributed by atoms with van der Waals surface area (Å²) in [6.07, 6.45) is 2.16. The standard InChI is InChI=1S/C14H18BrN3/c1-3-9(4-2)13-12(14(16)18-17-13)10-6-5-7-11(15)8-10/h5-9H,3-4H2,1-2H3,(H3,16,17,18). The second kappa shape index (κ2) is 5.57. The molecule has 2 aromatic rings. The Kier molecular flexibility index (Phi) is 4.07. The third-order valence-corrected chi connectivity index (χ3v) is 3.82. The Morgan fingerprint density at radius 2 is 2.06 bits per heavy atom. The van der Waals surface area contributed by atoms with Gasteiger partial charge in [-0.25, -0.2) is 0 Å². The minimum Gasteiger partial charge on any atom is -0.382 e. The monoisotopic (exact) mass is 307 g/mol. The molecule has 0 saturated heterocycles. The van der Waals surface area contributed by atoms with Gasteiger partial charge in [0.15, 0.2) is 5.82 Å². The Morgan fingerprint density at radius 1 is 1.33 bits per heavy atom. The number of nitrogens with zero attached hydrogens (tertiary/aromatic N) is 1. The molecule has 96 valence electrons. The lowest BCUT2D eigenvalue weighted by Gasteiger charge is -2.13. The van der Waals surface area contributed by atoms with Gasteiger partial charge in [-0.3, -0.25) is 5.10 Å². The number of aromatic nitrogens is 2. The van der Waals surface area contributed by atoms with Crippen LogP contribution in [0.2, 0.25) is 0 Å².